The van der Waals surface area contributed by atoms with Crippen molar-refractivity contribution in [2.75, 3.05) is 0 Å². The molecule has 3 aliphatic rings. The number of hydrogen-bond acceptors (Lipinski definition) is 4. The molecule has 0 bridgehead atoms. The second-order valence-electron chi connectivity index (χ2n) is 7.12. The number of hydrogen-bond donors (Lipinski definition) is 1. The number of halogens is 1. The molecule has 0 aromatic heterocycles. The molecular formula is C19H23ClN2OS. The lowest BCUT2D eigenvalue weighted by molar-refractivity contribution is 0.0489. The molecule has 4 rings (SSSR count). The van der Waals surface area contributed by atoms with E-state index >= 15 is 0 Å². The fourth-order valence-electron chi connectivity index (χ4n) is 4.08. The van der Waals surface area contributed by atoms with Crippen molar-refractivity contribution >= 4 is 39.1 Å². The normalized spacial score (nSPS) is 34.2. The summed E-state index contributed by atoms with van der Waals surface area (Å²) in [5.74, 6) is 0.104. The summed E-state index contributed by atoms with van der Waals surface area (Å²) in [6.45, 7) is 0. The first-order valence-corrected chi connectivity index (χ1v) is 10.2. The van der Waals surface area contributed by atoms with E-state index in [4.69, 9.17) is 21.6 Å². The van der Waals surface area contributed by atoms with E-state index in [2.05, 4.69) is 0 Å². The molecule has 3 fully saturated rings. The Hall–Kier alpha value is -0.840. The third kappa shape index (κ3) is 3.16. The Labute approximate surface area is 152 Å². The van der Waals surface area contributed by atoms with Crippen molar-refractivity contribution in [3.8, 4) is 0 Å². The lowest BCUT2D eigenvalue weighted by Crippen LogP contribution is -2.43. The highest BCUT2D eigenvalue weighted by Crippen LogP contribution is 2.48. The van der Waals surface area contributed by atoms with Crippen LogP contribution in [0.15, 0.2) is 34.3 Å². The molecule has 1 heterocycles. The van der Waals surface area contributed by atoms with Crippen LogP contribution in [-0.2, 0) is 0 Å². The van der Waals surface area contributed by atoms with E-state index < -0.39 is 5.60 Å². The van der Waals surface area contributed by atoms with Gasteiger partial charge in [0.15, 0.2) is 0 Å². The number of fused-ring (bicyclic) bond motifs is 1. The predicted molar refractivity (Wildman–Crippen MR) is 103 cm³/mol. The van der Waals surface area contributed by atoms with Crippen molar-refractivity contribution in [1.29, 1.82) is 0 Å². The van der Waals surface area contributed by atoms with Crippen molar-refractivity contribution in [3.05, 3.63) is 29.3 Å². The number of nitrogens with zero attached hydrogens (tertiary/aromatic N) is 2. The van der Waals surface area contributed by atoms with Crippen LogP contribution in [0.1, 0.15) is 51.4 Å². The minimum atomic E-state index is -0.781. The van der Waals surface area contributed by atoms with Gasteiger partial charge in [0, 0.05) is 10.9 Å². The van der Waals surface area contributed by atoms with E-state index in [-0.39, 0.29) is 5.92 Å². The van der Waals surface area contributed by atoms with Crippen LogP contribution in [0.25, 0.3) is 0 Å². The van der Waals surface area contributed by atoms with E-state index in [1.807, 2.05) is 24.3 Å². The molecule has 0 radical (unpaired) electrons. The highest BCUT2D eigenvalue weighted by atomic mass is 35.5. The summed E-state index contributed by atoms with van der Waals surface area (Å²) in [7, 11) is 0. The SMILES string of the molecule is OC12CCCCC1C(=Nc1ccc(Cl)cc1)SC2=NC1CCCC1. The molecule has 5 heteroatoms. The van der Waals surface area contributed by atoms with Gasteiger partial charge in [-0.3, -0.25) is 4.99 Å². The van der Waals surface area contributed by atoms with Crippen molar-refractivity contribution in [3.63, 3.8) is 0 Å². The molecule has 1 N–H and O–H groups in total. The van der Waals surface area contributed by atoms with Crippen LogP contribution in [0, 0.1) is 5.92 Å². The van der Waals surface area contributed by atoms with Crippen LogP contribution < -0.4 is 0 Å². The van der Waals surface area contributed by atoms with E-state index in [9.17, 15) is 5.11 Å². The molecule has 1 aromatic rings. The summed E-state index contributed by atoms with van der Waals surface area (Å²) >= 11 is 7.58. The maximum absolute atomic E-state index is 11.4. The van der Waals surface area contributed by atoms with Crippen molar-refractivity contribution < 1.29 is 5.11 Å². The molecule has 24 heavy (non-hydrogen) atoms. The molecule has 2 unspecified atom stereocenters. The third-order valence-corrected chi connectivity index (χ3v) is 6.93. The lowest BCUT2D eigenvalue weighted by atomic mass is 9.76. The lowest BCUT2D eigenvalue weighted by Gasteiger charge is -2.33. The number of rotatable bonds is 2. The van der Waals surface area contributed by atoms with E-state index in [0.29, 0.717) is 6.04 Å². The topological polar surface area (TPSA) is 45.0 Å². The van der Waals surface area contributed by atoms with Gasteiger partial charge in [0.1, 0.15) is 10.6 Å². The van der Waals surface area contributed by atoms with Gasteiger partial charge >= 0.3 is 0 Å². The Morgan fingerprint density at radius 3 is 2.50 bits per heavy atom. The second-order valence-corrected chi connectivity index (χ2v) is 8.57. The number of thioether (sulfide) groups is 1. The van der Waals surface area contributed by atoms with Gasteiger partial charge in [-0.25, -0.2) is 4.99 Å². The Morgan fingerprint density at radius 2 is 1.75 bits per heavy atom. The number of aliphatic hydroxyl groups is 1. The van der Waals surface area contributed by atoms with Crippen molar-refractivity contribution in [2.24, 2.45) is 15.9 Å². The van der Waals surface area contributed by atoms with Crippen LogP contribution in [-0.4, -0.2) is 26.8 Å². The molecular weight excluding hydrogens is 340 g/mol. The molecule has 1 saturated heterocycles. The quantitative estimate of drug-likeness (QED) is 0.767. The highest BCUT2D eigenvalue weighted by molar-refractivity contribution is 8.27. The molecule has 0 amide bonds. The smallest absolute Gasteiger partial charge is 0.121 e. The first-order chi connectivity index (χ1) is 11.6. The van der Waals surface area contributed by atoms with Gasteiger partial charge in [-0.05, 0) is 49.9 Å². The van der Waals surface area contributed by atoms with Gasteiger partial charge in [0.05, 0.1) is 16.8 Å². The Balaban J connectivity index is 1.66. The van der Waals surface area contributed by atoms with Crippen LogP contribution in [0.5, 0.6) is 0 Å². The molecule has 2 atom stereocenters. The Kier molecular flexibility index (Phi) is 4.72. The average molecular weight is 363 g/mol. The zero-order valence-corrected chi connectivity index (χ0v) is 15.3. The van der Waals surface area contributed by atoms with Gasteiger partial charge in [-0.2, -0.15) is 0 Å². The van der Waals surface area contributed by atoms with Crippen LogP contribution >= 0.6 is 23.4 Å². The van der Waals surface area contributed by atoms with Gasteiger partial charge < -0.3 is 5.11 Å². The fourth-order valence-corrected chi connectivity index (χ4v) is 5.63. The molecule has 3 nitrogen and oxygen atoms in total. The molecule has 0 spiro atoms. The zero-order chi connectivity index (χ0) is 16.6. The number of aliphatic imine (C=N–C) groups is 2. The zero-order valence-electron chi connectivity index (χ0n) is 13.7. The summed E-state index contributed by atoms with van der Waals surface area (Å²) in [5, 5.41) is 14.0. The maximum Gasteiger partial charge on any atom is 0.121 e. The van der Waals surface area contributed by atoms with Gasteiger partial charge in [-0.1, -0.05) is 49.0 Å². The van der Waals surface area contributed by atoms with Crippen molar-refractivity contribution in [2.45, 2.75) is 63.0 Å². The van der Waals surface area contributed by atoms with E-state index in [0.717, 1.165) is 59.3 Å². The molecule has 1 aromatic carbocycles. The Bertz CT molecular complexity index is 666. The van der Waals surface area contributed by atoms with Gasteiger partial charge in [0.2, 0.25) is 0 Å². The summed E-state index contributed by atoms with van der Waals surface area (Å²) in [5.41, 5.74) is 0.119. The van der Waals surface area contributed by atoms with Crippen molar-refractivity contribution in [1.82, 2.24) is 0 Å². The molecule has 2 saturated carbocycles. The van der Waals surface area contributed by atoms with E-state index in [1.165, 1.54) is 12.8 Å². The standard InChI is InChI=1S/C19H23ClN2OS/c20-13-8-10-15(11-9-13)21-17-16-7-3-4-12-19(16,23)18(24-17)22-14-5-1-2-6-14/h8-11,14,16,23H,1-7,12H2. The summed E-state index contributed by atoms with van der Waals surface area (Å²) in [6.07, 6.45) is 8.90. The first kappa shape index (κ1) is 16.6. The van der Waals surface area contributed by atoms with Crippen LogP contribution in [0.3, 0.4) is 0 Å². The second kappa shape index (κ2) is 6.81. The predicted octanol–water partition coefficient (Wildman–Crippen LogP) is 5.38. The van der Waals surface area contributed by atoms with E-state index in [1.54, 1.807) is 11.8 Å². The van der Waals surface area contributed by atoms with Crippen LogP contribution in [0.4, 0.5) is 5.69 Å². The molecule has 2 aliphatic carbocycles. The van der Waals surface area contributed by atoms with Gasteiger partial charge in [-0.15, -0.1) is 0 Å². The minimum Gasteiger partial charge on any atom is -0.382 e. The average Bonchev–Trinajstić information content (AvgIpc) is 3.17. The largest absolute Gasteiger partial charge is 0.382 e. The third-order valence-electron chi connectivity index (χ3n) is 5.44. The maximum atomic E-state index is 11.4. The monoisotopic (exact) mass is 362 g/mol. The minimum absolute atomic E-state index is 0.104. The number of benzene rings is 1. The summed E-state index contributed by atoms with van der Waals surface area (Å²) in [6, 6.07) is 7.99. The van der Waals surface area contributed by atoms with Crippen LogP contribution in [0.2, 0.25) is 5.02 Å². The molecule has 128 valence electrons. The summed E-state index contributed by atoms with van der Waals surface area (Å²) < 4.78 is 0. The fraction of sp³-hybridized carbons (Fsp3) is 0.579. The Morgan fingerprint density at radius 1 is 1.04 bits per heavy atom. The highest BCUT2D eigenvalue weighted by Gasteiger charge is 2.52. The molecule has 1 aliphatic heterocycles. The summed E-state index contributed by atoms with van der Waals surface area (Å²) in [4.78, 5) is 9.80. The first-order valence-electron chi connectivity index (χ1n) is 8.98. The van der Waals surface area contributed by atoms with Gasteiger partial charge in [0.25, 0.3) is 0 Å².